The topological polar surface area (TPSA) is 9.86 Å². The Morgan fingerprint density at radius 1 is 0.288 bits per heavy atom. The molecule has 0 radical (unpaired) electrons. The van der Waals surface area contributed by atoms with E-state index in [-0.39, 0.29) is 23.7 Å². The summed E-state index contributed by atoms with van der Waals surface area (Å²) in [5.74, 6) is -0.439. The van der Waals surface area contributed by atoms with E-state index >= 15 is 0 Å². The fraction of sp³-hybridized carbons (Fsp3) is 0.0870. The Balaban J connectivity index is 1.28. The monoisotopic (exact) mass is 1010 g/mol. The van der Waals surface area contributed by atoms with Crippen LogP contribution in [0.5, 0.6) is 0 Å². The molecule has 4 heteroatoms. The molecular weight excluding hydrogens is 951 g/mol. The van der Waals surface area contributed by atoms with Crippen LogP contribution < -0.4 is 0 Å². The summed E-state index contributed by atoms with van der Waals surface area (Å²) in [5.41, 5.74) is 19.1. The summed E-state index contributed by atoms with van der Waals surface area (Å²) in [7, 11) is 7.60. The standard InChI is InChI=1S/C69H56N2.ClH.Ni/c1-50-45-60(64(52-27-11-3-12-28-52)53-29-13-4-14-30-53)68(61(46-50)65(54-31-15-5-16-32-54)55-33-17-6-18-34-55)70-43-44-71(49-70)69-62(66(56-35-19-7-20-36-56)57-37-21-8-22-38-57)47-51(2)48-63(69)67(58-39-23-9-24-40-58)59-41-25-10-26-42-59;;/h3-48,64-67H,1-2H3;1H;/q;;+1/p-1. The van der Waals surface area contributed by atoms with Gasteiger partial charge in [-0.2, -0.15) is 0 Å². The van der Waals surface area contributed by atoms with Crippen LogP contribution in [0.25, 0.3) is 11.4 Å². The van der Waals surface area contributed by atoms with Gasteiger partial charge in [-0.1, -0.05) is 0 Å². The van der Waals surface area contributed by atoms with Crippen LogP contribution in [-0.2, 0) is 13.1 Å². The zero-order valence-electron chi connectivity index (χ0n) is 41.0. The number of imidazole rings is 1. The fourth-order valence-corrected chi connectivity index (χ4v) is 12.2. The van der Waals surface area contributed by atoms with Crippen LogP contribution in [0.15, 0.2) is 279 Å². The third kappa shape index (κ3) is 9.80. The van der Waals surface area contributed by atoms with Crippen molar-refractivity contribution in [2.75, 3.05) is 0 Å². The summed E-state index contributed by atoms with van der Waals surface area (Å²) in [6, 6.07) is 97.5. The SMILES string of the molecule is Cc1cc(C(c2ccccc2)c2ccccc2)c(-n2ccn(-c3c(C(c4ccccc4)c4ccccc4)cc(C)cc3C(c3ccccc3)c3ccccc3)[c]2=[Ni][Cl])c(C(c2ccccc2)c2ccccc2)c1. The van der Waals surface area contributed by atoms with Crippen molar-refractivity contribution in [2.45, 2.75) is 37.5 Å². The van der Waals surface area contributed by atoms with Crippen LogP contribution in [0, 0.1) is 18.2 Å². The average Bonchev–Trinajstić information content (AvgIpc) is 3.86. The van der Waals surface area contributed by atoms with E-state index in [1.807, 2.05) is 0 Å². The number of hydrogen-bond acceptors (Lipinski definition) is 0. The van der Waals surface area contributed by atoms with Crippen LogP contribution in [0.4, 0.5) is 0 Å². The van der Waals surface area contributed by atoms with E-state index < -0.39 is 0 Å². The van der Waals surface area contributed by atoms with E-state index in [0.29, 0.717) is 0 Å². The minimum absolute atomic E-state index is 0.110. The minimum atomic E-state index is -0.110. The zero-order chi connectivity index (χ0) is 49.5. The molecule has 0 unspecified atom stereocenters. The third-order valence-corrected chi connectivity index (χ3v) is 15.3. The molecule has 359 valence electrons. The number of hydrogen-bond donors (Lipinski definition) is 0. The molecule has 0 amide bonds. The molecule has 0 saturated heterocycles. The summed E-state index contributed by atoms with van der Waals surface area (Å²) in [4.78, 5) is 0. The van der Waals surface area contributed by atoms with Crippen LogP contribution in [0.3, 0.4) is 0 Å². The molecule has 0 saturated carbocycles. The Kier molecular flexibility index (Phi) is 14.3. The predicted octanol–water partition coefficient (Wildman–Crippen LogP) is 17.4. The molecule has 10 aromatic carbocycles. The molecule has 0 atom stereocenters. The van der Waals surface area contributed by atoms with Gasteiger partial charge >= 0.3 is 443 Å². The average molecular weight is 1010 g/mol. The molecule has 11 aromatic rings. The van der Waals surface area contributed by atoms with Crippen molar-refractivity contribution < 1.29 is 13.1 Å². The molecule has 0 N–H and O–H groups in total. The second-order valence-electron chi connectivity index (χ2n) is 18.9. The van der Waals surface area contributed by atoms with Crippen molar-refractivity contribution in [3.8, 4) is 11.4 Å². The van der Waals surface area contributed by atoms with Gasteiger partial charge in [0, 0.05) is 0 Å². The van der Waals surface area contributed by atoms with Gasteiger partial charge in [-0.05, 0) is 0 Å². The van der Waals surface area contributed by atoms with Gasteiger partial charge in [-0.15, -0.1) is 0 Å². The Labute approximate surface area is 440 Å². The number of aryl methyl sites for hydroxylation is 2. The van der Waals surface area contributed by atoms with Gasteiger partial charge in [0.2, 0.25) is 0 Å². The Hall–Kier alpha value is -7.81. The van der Waals surface area contributed by atoms with Crippen LogP contribution in [-0.4, -0.2) is 9.13 Å². The van der Waals surface area contributed by atoms with Gasteiger partial charge in [0.05, 0.1) is 0 Å². The van der Waals surface area contributed by atoms with Gasteiger partial charge < -0.3 is 0 Å². The molecule has 0 aliphatic heterocycles. The molecule has 73 heavy (non-hydrogen) atoms. The van der Waals surface area contributed by atoms with E-state index in [9.17, 15) is 0 Å². The number of benzene rings is 10. The van der Waals surface area contributed by atoms with E-state index in [4.69, 9.17) is 10.2 Å². The van der Waals surface area contributed by atoms with E-state index in [0.717, 1.165) is 28.9 Å². The van der Waals surface area contributed by atoms with Gasteiger partial charge in [0.25, 0.3) is 0 Å². The Bertz CT molecular complexity index is 3030. The molecule has 0 bridgehead atoms. The van der Waals surface area contributed by atoms with Crippen molar-refractivity contribution in [2.24, 2.45) is 0 Å². The zero-order valence-corrected chi connectivity index (χ0v) is 42.7. The second-order valence-corrected chi connectivity index (χ2v) is 20.1. The summed E-state index contributed by atoms with van der Waals surface area (Å²) in [6.07, 6.45) is 4.53. The van der Waals surface area contributed by atoms with Crippen molar-refractivity contribution in [1.82, 2.24) is 9.13 Å². The molecule has 1 heterocycles. The van der Waals surface area contributed by atoms with Crippen LogP contribution in [0.1, 0.15) is 102 Å². The van der Waals surface area contributed by atoms with Crippen molar-refractivity contribution in [3.63, 3.8) is 0 Å². The first kappa shape index (κ1) is 47.5. The Morgan fingerprint density at radius 3 is 0.630 bits per heavy atom. The van der Waals surface area contributed by atoms with Gasteiger partial charge in [0.1, 0.15) is 0 Å². The van der Waals surface area contributed by atoms with Crippen LogP contribution >= 0.6 is 10.2 Å². The number of aromatic nitrogens is 2. The first-order valence-electron chi connectivity index (χ1n) is 25.1. The molecule has 2 nitrogen and oxygen atoms in total. The quantitative estimate of drug-likeness (QED) is 0.0759. The van der Waals surface area contributed by atoms with Crippen molar-refractivity contribution in [1.29, 1.82) is 0 Å². The second kappa shape index (κ2) is 21.9. The van der Waals surface area contributed by atoms with Crippen molar-refractivity contribution >= 4 is 10.2 Å². The normalized spacial score (nSPS) is 11.5. The van der Waals surface area contributed by atoms with Gasteiger partial charge in [-0.25, -0.2) is 0 Å². The maximum absolute atomic E-state index is 7.60. The van der Waals surface area contributed by atoms with Gasteiger partial charge in [0.15, 0.2) is 0 Å². The molecule has 0 spiro atoms. The Morgan fingerprint density at radius 2 is 0.466 bits per heavy atom. The van der Waals surface area contributed by atoms with Gasteiger partial charge in [-0.3, -0.25) is 0 Å². The van der Waals surface area contributed by atoms with E-state index in [2.05, 4.69) is 302 Å². The molecule has 0 aliphatic rings. The molecule has 11 rings (SSSR count). The summed E-state index contributed by atoms with van der Waals surface area (Å²) < 4.78 is 5.71. The number of rotatable bonds is 14. The third-order valence-electron chi connectivity index (χ3n) is 14.2. The van der Waals surface area contributed by atoms with Crippen LogP contribution in [0.2, 0.25) is 0 Å². The number of halogens is 1. The molecule has 1 aromatic heterocycles. The van der Waals surface area contributed by atoms with E-state index in [1.165, 1.54) is 77.9 Å². The number of nitrogens with zero attached hydrogens (tertiary/aromatic N) is 2. The summed E-state index contributed by atoms with van der Waals surface area (Å²) >= 11 is 1.01. The first-order chi connectivity index (χ1) is 36.1. The summed E-state index contributed by atoms with van der Waals surface area (Å²) in [5, 5.41) is 0. The predicted molar refractivity (Wildman–Crippen MR) is 299 cm³/mol. The van der Waals surface area contributed by atoms with Crippen molar-refractivity contribution in [3.05, 3.63) is 362 Å². The van der Waals surface area contributed by atoms with E-state index in [1.54, 1.807) is 0 Å². The molecule has 0 fully saturated rings. The fourth-order valence-electron chi connectivity index (χ4n) is 11.2. The maximum atomic E-state index is 7.60. The molecule has 0 aliphatic carbocycles. The molecular formula is C69H56ClN2Ni. The summed E-state index contributed by atoms with van der Waals surface area (Å²) in [6.45, 7) is 4.49. The first-order valence-corrected chi connectivity index (χ1v) is 26.9.